The minimum atomic E-state index is 0.740. The molecular formula is C20H24Cl2N2O. The van der Waals surface area contributed by atoms with Crippen molar-refractivity contribution in [1.29, 1.82) is 0 Å². The van der Waals surface area contributed by atoms with E-state index in [1.54, 1.807) is 0 Å². The number of benzene rings is 2. The first kappa shape index (κ1) is 18.4. The van der Waals surface area contributed by atoms with Crippen LogP contribution in [0.4, 0.5) is 5.69 Å². The molecule has 1 heterocycles. The number of hydrogen-bond acceptors (Lipinski definition) is 3. The zero-order chi connectivity index (χ0) is 17.5. The summed E-state index contributed by atoms with van der Waals surface area (Å²) < 4.78 is 5.74. The predicted octanol–water partition coefficient (Wildman–Crippen LogP) is 4.97. The third-order valence-corrected chi connectivity index (χ3v) is 4.98. The highest BCUT2D eigenvalue weighted by molar-refractivity contribution is 6.31. The van der Waals surface area contributed by atoms with Crippen molar-refractivity contribution in [2.24, 2.45) is 0 Å². The minimum Gasteiger partial charge on any atom is -0.494 e. The van der Waals surface area contributed by atoms with E-state index in [0.29, 0.717) is 0 Å². The molecule has 0 saturated carbocycles. The quantitative estimate of drug-likeness (QED) is 0.632. The van der Waals surface area contributed by atoms with Crippen molar-refractivity contribution in [1.82, 2.24) is 4.90 Å². The number of anilines is 1. The van der Waals surface area contributed by atoms with Crippen LogP contribution >= 0.6 is 23.2 Å². The van der Waals surface area contributed by atoms with E-state index in [1.807, 2.05) is 42.5 Å². The number of unbranched alkanes of at least 4 members (excludes halogenated alkanes) is 1. The summed E-state index contributed by atoms with van der Waals surface area (Å²) in [5.74, 6) is 0.888. The minimum absolute atomic E-state index is 0.740. The second-order valence-corrected chi connectivity index (χ2v) is 7.19. The van der Waals surface area contributed by atoms with Crippen molar-refractivity contribution < 1.29 is 4.74 Å². The van der Waals surface area contributed by atoms with Gasteiger partial charge >= 0.3 is 0 Å². The van der Waals surface area contributed by atoms with E-state index in [4.69, 9.17) is 27.9 Å². The molecule has 1 aliphatic rings. The molecule has 25 heavy (non-hydrogen) atoms. The third kappa shape index (κ3) is 5.81. The van der Waals surface area contributed by atoms with Crippen LogP contribution in [-0.4, -0.2) is 44.2 Å². The van der Waals surface area contributed by atoms with Gasteiger partial charge in [0.15, 0.2) is 0 Å². The summed E-state index contributed by atoms with van der Waals surface area (Å²) in [6.45, 7) is 6.20. The molecule has 0 unspecified atom stereocenters. The van der Waals surface area contributed by atoms with Gasteiger partial charge in [0.1, 0.15) is 5.75 Å². The summed E-state index contributed by atoms with van der Waals surface area (Å²) in [5.41, 5.74) is 1.23. The fourth-order valence-electron chi connectivity index (χ4n) is 3.06. The molecule has 0 amide bonds. The van der Waals surface area contributed by atoms with Crippen molar-refractivity contribution in [2.45, 2.75) is 12.8 Å². The van der Waals surface area contributed by atoms with E-state index in [2.05, 4.69) is 15.9 Å². The second-order valence-electron chi connectivity index (χ2n) is 6.32. The van der Waals surface area contributed by atoms with Crippen molar-refractivity contribution in [3.63, 3.8) is 0 Å². The molecule has 3 rings (SSSR count). The van der Waals surface area contributed by atoms with Gasteiger partial charge in [-0.25, -0.2) is 0 Å². The van der Waals surface area contributed by atoms with Crippen LogP contribution in [0.25, 0.3) is 0 Å². The Morgan fingerprint density at radius 3 is 2.32 bits per heavy atom. The van der Waals surface area contributed by atoms with Crippen molar-refractivity contribution in [3.8, 4) is 5.75 Å². The van der Waals surface area contributed by atoms with Crippen molar-refractivity contribution >= 4 is 28.9 Å². The Morgan fingerprint density at radius 1 is 0.840 bits per heavy atom. The van der Waals surface area contributed by atoms with Crippen molar-refractivity contribution in [2.75, 3.05) is 44.2 Å². The molecule has 0 atom stereocenters. The first-order chi connectivity index (χ1) is 12.2. The smallest absolute Gasteiger partial charge is 0.119 e. The Bertz CT molecular complexity index is 655. The summed E-state index contributed by atoms with van der Waals surface area (Å²) in [6.07, 6.45) is 2.22. The average Bonchev–Trinajstić information content (AvgIpc) is 2.63. The lowest BCUT2D eigenvalue weighted by molar-refractivity contribution is 0.238. The molecule has 1 aliphatic heterocycles. The lowest BCUT2D eigenvalue weighted by atomic mass is 10.2. The highest BCUT2D eigenvalue weighted by Crippen LogP contribution is 2.21. The Balaban J connectivity index is 1.31. The standard InChI is InChI=1S/C20H24Cl2N2O/c21-17-6-8-20(9-7-17)25-15-2-1-10-23-11-13-24(14-12-23)19-5-3-4-18(22)16-19/h3-9,16H,1-2,10-15H2. The van der Waals surface area contributed by atoms with E-state index in [9.17, 15) is 0 Å². The van der Waals surface area contributed by atoms with Gasteiger partial charge in [-0.05, 0) is 61.9 Å². The summed E-state index contributed by atoms with van der Waals surface area (Å²) in [7, 11) is 0. The average molecular weight is 379 g/mol. The molecule has 2 aromatic carbocycles. The van der Waals surface area contributed by atoms with E-state index >= 15 is 0 Å². The molecule has 1 saturated heterocycles. The van der Waals surface area contributed by atoms with Crippen LogP contribution < -0.4 is 9.64 Å². The number of piperazine rings is 1. The number of rotatable bonds is 7. The van der Waals surface area contributed by atoms with Gasteiger partial charge in [0.25, 0.3) is 0 Å². The van der Waals surface area contributed by atoms with Gasteiger partial charge in [0, 0.05) is 41.9 Å². The van der Waals surface area contributed by atoms with Gasteiger partial charge in [-0.3, -0.25) is 4.90 Å². The molecule has 0 radical (unpaired) electrons. The molecule has 0 spiro atoms. The topological polar surface area (TPSA) is 15.7 Å². The Hall–Kier alpha value is -1.42. The number of ether oxygens (including phenoxy) is 1. The molecule has 134 valence electrons. The molecule has 0 N–H and O–H groups in total. The van der Waals surface area contributed by atoms with Crippen LogP contribution in [-0.2, 0) is 0 Å². The van der Waals surface area contributed by atoms with Gasteiger partial charge in [0.05, 0.1) is 6.61 Å². The highest BCUT2D eigenvalue weighted by Gasteiger charge is 2.16. The third-order valence-electron chi connectivity index (χ3n) is 4.50. The lowest BCUT2D eigenvalue weighted by Gasteiger charge is -2.36. The van der Waals surface area contributed by atoms with Gasteiger partial charge in [-0.2, -0.15) is 0 Å². The maximum Gasteiger partial charge on any atom is 0.119 e. The summed E-state index contributed by atoms with van der Waals surface area (Å²) >= 11 is 12.0. The molecule has 3 nitrogen and oxygen atoms in total. The maximum atomic E-state index is 6.09. The number of halogens is 2. The molecule has 0 aromatic heterocycles. The summed E-state index contributed by atoms with van der Waals surface area (Å²) in [6, 6.07) is 15.7. The Morgan fingerprint density at radius 2 is 1.60 bits per heavy atom. The summed E-state index contributed by atoms with van der Waals surface area (Å²) in [4.78, 5) is 4.94. The SMILES string of the molecule is Clc1ccc(OCCCCN2CCN(c3cccc(Cl)c3)CC2)cc1. The monoisotopic (exact) mass is 378 g/mol. The van der Waals surface area contributed by atoms with Gasteiger partial charge in [0.2, 0.25) is 0 Å². The largest absolute Gasteiger partial charge is 0.494 e. The Kier molecular flexibility index (Phi) is 6.85. The van der Waals surface area contributed by atoms with E-state index in [0.717, 1.165) is 68.0 Å². The second kappa shape index (κ2) is 9.33. The maximum absolute atomic E-state index is 6.09. The van der Waals surface area contributed by atoms with E-state index in [-0.39, 0.29) is 0 Å². The zero-order valence-corrected chi connectivity index (χ0v) is 15.8. The molecule has 0 aliphatic carbocycles. The highest BCUT2D eigenvalue weighted by atomic mass is 35.5. The van der Waals surface area contributed by atoms with Crippen LogP contribution in [0.1, 0.15) is 12.8 Å². The number of nitrogens with zero attached hydrogens (tertiary/aromatic N) is 2. The molecule has 1 fully saturated rings. The molecular weight excluding hydrogens is 355 g/mol. The molecule has 2 aromatic rings. The van der Waals surface area contributed by atoms with Crippen LogP contribution in [0.5, 0.6) is 5.75 Å². The predicted molar refractivity (Wildman–Crippen MR) is 106 cm³/mol. The normalized spacial score (nSPS) is 15.4. The van der Waals surface area contributed by atoms with Gasteiger partial charge < -0.3 is 9.64 Å². The van der Waals surface area contributed by atoms with Crippen molar-refractivity contribution in [3.05, 3.63) is 58.6 Å². The van der Waals surface area contributed by atoms with E-state index in [1.165, 1.54) is 5.69 Å². The van der Waals surface area contributed by atoms with Gasteiger partial charge in [-0.1, -0.05) is 29.3 Å². The van der Waals surface area contributed by atoms with Crippen LogP contribution in [0.2, 0.25) is 10.0 Å². The fourth-order valence-corrected chi connectivity index (χ4v) is 3.37. The van der Waals surface area contributed by atoms with Gasteiger partial charge in [-0.15, -0.1) is 0 Å². The number of hydrogen-bond donors (Lipinski definition) is 0. The molecule has 5 heteroatoms. The van der Waals surface area contributed by atoms with Crippen LogP contribution in [0, 0.1) is 0 Å². The van der Waals surface area contributed by atoms with E-state index < -0.39 is 0 Å². The molecule has 0 bridgehead atoms. The lowest BCUT2D eigenvalue weighted by Crippen LogP contribution is -2.46. The summed E-state index contributed by atoms with van der Waals surface area (Å²) in [5, 5.41) is 1.55. The first-order valence-corrected chi connectivity index (χ1v) is 9.57. The zero-order valence-electron chi connectivity index (χ0n) is 14.3. The first-order valence-electron chi connectivity index (χ1n) is 8.82. The van der Waals surface area contributed by atoms with Crippen LogP contribution in [0.15, 0.2) is 48.5 Å². The Labute approximate surface area is 160 Å². The fraction of sp³-hybridized carbons (Fsp3) is 0.400. The van der Waals surface area contributed by atoms with Crippen LogP contribution in [0.3, 0.4) is 0 Å².